The Hall–Kier alpha value is -2.21. The Bertz CT molecular complexity index is 664. The van der Waals surface area contributed by atoms with Gasteiger partial charge in [0.2, 0.25) is 0 Å². The van der Waals surface area contributed by atoms with E-state index in [2.05, 4.69) is 26.6 Å². The molecule has 0 unspecified atom stereocenters. The minimum Gasteiger partial charge on any atom is -0.490 e. The molecule has 0 fully saturated rings. The standard InChI is InChI=1S/C18H21BrN2O3/c1-2-23-16-8-3-4-9-17(16)24-13-21-18(22)20-11-10-14-6-5-7-15(19)12-14/h3-9,12H,2,10-11,13H2,1H3,(H2,20,21,22). The molecule has 24 heavy (non-hydrogen) atoms. The Morgan fingerprint density at radius 3 is 2.50 bits per heavy atom. The van der Waals surface area contributed by atoms with Crippen LogP contribution in [0, 0.1) is 0 Å². The van der Waals surface area contributed by atoms with Gasteiger partial charge in [0.25, 0.3) is 0 Å². The minimum absolute atomic E-state index is 0.0762. The molecule has 6 heteroatoms. The van der Waals surface area contributed by atoms with Crippen molar-refractivity contribution < 1.29 is 14.3 Å². The van der Waals surface area contributed by atoms with Gasteiger partial charge in [-0.05, 0) is 43.2 Å². The number of rotatable bonds is 8. The first-order valence-electron chi connectivity index (χ1n) is 7.80. The lowest BCUT2D eigenvalue weighted by molar-refractivity contribution is 0.220. The third-order valence-corrected chi connectivity index (χ3v) is 3.69. The van der Waals surface area contributed by atoms with Gasteiger partial charge in [-0.1, -0.05) is 40.2 Å². The van der Waals surface area contributed by atoms with Crippen molar-refractivity contribution >= 4 is 22.0 Å². The van der Waals surface area contributed by atoms with Gasteiger partial charge in [-0.3, -0.25) is 0 Å². The molecular formula is C18H21BrN2O3. The zero-order chi connectivity index (χ0) is 17.2. The van der Waals surface area contributed by atoms with Gasteiger partial charge >= 0.3 is 6.03 Å². The predicted molar refractivity (Wildman–Crippen MR) is 97.5 cm³/mol. The van der Waals surface area contributed by atoms with E-state index in [1.54, 1.807) is 6.07 Å². The van der Waals surface area contributed by atoms with Crippen LogP contribution in [-0.4, -0.2) is 25.9 Å². The second kappa shape index (κ2) is 9.82. The molecule has 0 aliphatic rings. The normalized spacial score (nSPS) is 10.1. The summed E-state index contributed by atoms with van der Waals surface area (Å²) in [5.74, 6) is 1.27. The first kappa shape index (κ1) is 18.1. The van der Waals surface area contributed by atoms with Gasteiger partial charge in [0.15, 0.2) is 18.2 Å². The van der Waals surface area contributed by atoms with Crippen LogP contribution >= 0.6 is 15.9 Å². The number of hydrogen-bond acceptors (Lipinski definition) is 3. The van der Waals surface area contributed by atoms with Crippen LogP contribution in [0.1, 0.15) is 12.5 Å². The van der Waals surface area contributed by atoms with E-state index in [0.29, 0.717) is 24.7 Å². The van der Waals surface area contributed by atoms with Crippen molar-refractivity contribution in [1.82, 2.24) is 10.6 Å². The molecule has 5 nitrogen and oxygen atoms in total. The molecule has 0 aromatic heterocycles. The van der Waals surface area contributed by atoms with Crippen molar-refractivity contribution in [1.29, 1.82) is 0 Å². The summed E-state index contributed by atoms with van der Waals surface area (Å²) in [6.07, 6.45) is 0.765. The average Bonchev–Trinajstić information content (AvgIpc) is 2.57. The molecule has 0 atom stereocenters. The van der Waals surface area contributed by atoms with Gasteiger partial charge in [-0.2, -0.15) is 0 Å². The largest absolute Gasteiger partial charge is 0.490 e. The Morgan fingerprint density at radius 2 is 1.79 bits per heavy atom. The Kier molecular flexibility index (Phi) is 7.42. The Labute approximate surface area is 150 Å². The number of benzene rings is 2. The van der Waals surface area contributed by atoms with E-state index in [1.165, 1.54) is 0 Å². The van der Waals surface area contributed by atoms with Crippen molar-refractivity contribution in [2.75, 3.05) is 19.9 Å². The predicted octanol–water partition coefficient (Wildman–Crippen LogP) is 3.73. The van der Waals surface area contributed by atoms with Gasteiger partial charge in [0, 0.05) is 11.0 Å². The molecule has 0 aliphatic heterocycles. The second-order valence-corrected chi connectivity index (χ2v) is 5.90. The van der Waals surface area contributed by atoms with Gasteiger partial charge in [-0.15, -0.1) is 0 Å². The number of para-hydroxylation sites is 2. The highest BCUT2D eigenvalue weighted by Gasteiger charge is 2.04. The Balaban J connectivity index is 1.68. The molecule has 2 rings (SSSR count). The SMILES string of the molecule is CCOc1ccccc1OCNC(=O)NCCc1cccc(Br)c1. The van der Waals surface area contributed by atoms with Crippen LogP contribution in [0.15, 0.2) is 53.0 Å². The molecule has 0 saturated heterocycles. The summed E-state index contributed by atoms with van der Waals surface area (Å²) in [5.41, 5.74) is 1.16. The minimum atomic E-state index is -0.265. The number of carbonyl (C=O) groups is 1. The summed E-state index contributed by atoms with van der Waals surface area (Å²) in [7, 11) is 0. The quantitative estimate of drug-likeness (QED) is 0.672. The number of amides is 2. The molecule has 128 valence electrons. The number of nitrogens with one attached hydrogen (secondary N) is 2. The zero-order valence-electron chi connectivity index (χ0n) is 13.5. The summed E-state index contributed by atoms with van der Waals surface area (Å²) < 4.78 is 12.0. The molecular weight excluding hydrogens is 372 g/mol. The average molecular weight is 393 g/mol. The van der Waals surface area contributed by atoms with E-state index in [-0.39, 0.29) is 12.8 Å². The van der Waals surface area contributed by atoms with Crippen molar-refractivity contribution in [3.8, 4) is 11.5 Å². The maximum absolute atomic E-state index is 11.8. The van der Waals surface area contributed by atoms with E-state index in [0.717, 1.165) is 16.5 Å². The van der Waals surface area contributed by atoms with Crippen molar-refractivity contribution in [3.63, 3.8) is 0 Å². The molecule has 2 N–H and O–H groups in total. The molecule has 2 aromatic carbocycles. The van der Waals surface area contributed by atoms with Crippen LogP contribution in [-0.2, 0) is 6.42 Å². The fraction of sp³-hybridized carbons (Fsp3) is 0.278. The summed E-state index contributed by atoms with van der Waals surface area (Å²) in [6.45, 7) is 3.10. The van der Waals surface area contributed by atoms with Crippen LogP contribution < -0.4 is 20.1 Å². The lowest BCUT2D eigenvalue weighted by Gasteiger charge is -2.12. The highest BCUT2D eigenvalue weighted by molar-refractivity contribution is 9.10. The van der Waals surface area contributed by atoms with Crippen LogP contribution in [0.5, 0.6) is 11.5 Å². The molecule has 0 saturated carbocycles. The summed E-state index contributed by atoms with van der Waals surface area (Å²) >= 11 is 3.43. The number of halogens is 1. The van der Waals surface area contributed by atoms with Crippen LogP contribution in [0.25, 0.3) is 0 Å². The zero-order valence-corrected chi connectivity index (χ0v) is 15.1. The molecule has 2 amide bonds. The van der Waals surface area contributed by atoms with Crippen molar-refractivity contribution in [2.24, 2.45) is 0 Å². The van der Waals surface area contributed by atoms with Crippen LogP contribution in [0.4, 0.5) is 4.79 Å². The number of urea groups is 1. The highest BCUT2D eigenvalue weighted by atomic mass is 79.9. The van der Waals surface area contributed by atoms with Crippen molar-refractivity contribution in [3.05, 3.63) is 58.6 Å². The van der Waals surface area contributed by atoms with Crippen molar-refractivity contribution in [2.45, 2.75) is 13.3 Å². The molecule has 0 radical (unpaired) electrons. The third-order valence-electron chi connectivity index (χ3n) is 3.20. The Morgan fingerprint density at radius 1 is 1.04 bits per heavy atom. The van der Waals surface area contributed by atoms with Crippen LogP contribution in [0.2, 0.25) is 0 Å². The molecule has 0 bridgehead atoms. The fourth-order valence-corrected chi connectivity index (χ4v) is 2.55. The summed E-state index contributed by atoms with van der Waals surface area (Å²) in [5, 5.41) is 5.46. The first-order chi connectivity index (χ1) is 11.7. The highest BCUT2D eigenvalue weighted by Crippen LogP contribution is 2.25. The lowest BCUT2D eigenvalue weighted by Crippen LogP contribution is -2.38. The smallest absolute Gasteiger partial charge is 0.317 e. The number of ether oxygens (including phenoxy) is 2. The van der Waals surface area contributed by atoms with Crippen LogP contribution in [0.3, 0.4) is 0 Å². The summed E-state index contributed by atoms with van der Waals surface area (Å²) in [6, 6.07) is 15.1. The van der Waals surface area contributed by atoms with Gasteiger partial charge in [0.05, 0.1) is 6.61 Å². The molecule has 2 aromatic rings. The molecule has 0 aliphatic carbocycles. The number of carbonyl (C=O) groups excluding carboxylic acids is 1. The van der Waals surface area contributed by atoms with E-state index in [9.17, 15) is 4.79 Å². The van der Waals surface area contributed by atoms with E-state index in [4.69, 9.17) is 9.47 Å². The monoisotopic (exact) mass is 392 g/mol. The number of hydrogen-bond donors (Lipinski definition) is 2. The maximum Gasteiger partial charge on any atom is 0.317 e. The van der Waals surface area contributed by atoms with E-state index in [1.807, 2.05) is 49.4 Å². The summed E-state index contributed by atoms with van der Waals surface area (Å²) in [4.78, 5) is 11.8. The topological polar surface area (TPSA) is 59.6 Å². The lowest BCUT2D eigenvalue weighted by atomic mass is 10.1. The van der Waals surface area contributed by atoms with E-state index >= 15 is 0 Å². The van der Waals surface area contributed by atoms with Gasteiger partial charge in [-0.25, -0.2) is 4.79 Å². The fourth-order valence-electron chi connectivity index (χ4n) is 2.10. The molecule has 0 heterocycles. The third kappa shape index (κ3) is 6.12. The second-order valence-electron chi connectivity index (χ2n) is 4.98. The van der Waals surface area contributed by atoms with Gasteiger partial charge in [0.1, 0.15) is 0 Å². The van der Waals surface area contributed by atoms with Gasteiger partial charge < -0.3 is 20.1 Å². The maximum atomic E-state index is 11.8. The van der Waals surface area contributed by atoms with E-state index < -0.39 is 0 Å². The molecule has 0 spiro atoms. The first-order valence-corrected chi connectivity index (χ1v) is 8.59.